The Balaban J connectivity index is 1.38. The van der Waals surface area contributed by atoms with Crippen LogP contribution in [-0.4, -0.2) is 78.7 Å². The van der Waals surface area contributed by atoms with Crippen LogP contribution in [0.5, 0.6) is 0 Å². The molecule has 0 radical (unpaired) electrons. The van der Waals surface area contributed by atoms with E-state index in [1.807, 2.05) is 0 Å². The van der Waals surface area contributed by atoms with Crippen LogP contribution in [0.15, 0.2) is 22.9 Å². The molecular weight excluding hydrogens is 465 g/mol. The van der Waals surface area contributed by atoms with Gasteiger partial charge in [-0.25, -0.2) is 4.98 Å². The molecule has 0 unspecified atom stereocenters. The fourth-order valence-electron chi connectivity index (χ4n) is 4.26. The van der Waals surface area contributed by atoms with Gasteiger partial charge < -0.3 is 29.6 Å². The fourth-order valence-corrected chi connectivity index (χ4v) is 4.26. The van der Waals surface area contributed by atoms with Gasteiger partial charge in [0, 0.05) is 37.8 Å². The third-order valence-corrected chi connectivity index (χ3v) is 6.29. The van der Waals surface area contributed by atoms with Crippen molar-refractivity contribution < 1.29 is 27.1 Å². The Hall–Kier alpha value is -2.86. The number of carbonyl (C=O) groups excluding carboxylic acids is 1. The summed E-state index contributed by atoms with van der Waals surface area (Å²) in [5.41, 5.74) is -0.936. The molecule has 0 atom stereocenters. The second-order valence-corrected chi connectivity index (χ2v) is 8.91. The van der Waals surface area contributed by atoms with E-state index in [9.17, 15) is 18.0 Å². The number of hydrogen-bond acceptors (Lipinski definition) is 8. The number of ether oxygens (including phenoxy) is 1. The standard InChI is InChI=1S/C23H31F3N6O3/c1-31-8-3-16(4-9-31)22-30-20(15-35-22)29-19-13-18(17(14-28-19)23(24,25)26)27-6-2-7-32-10-12-34-11-5-21(32)33/h13-16H,2-12H2,1H3,(H2,27,28,29). The van der Waals surface area contributed by atoms with Gasteiger partial charge in [0.05, 0.1) is 30.9 Å². The van der Waals surface area contributed by atoms with Gasteiger partial charge in [-0.05, 0) is 39.4 Å². The summed E-state index contributed by atoms with van der Waals surface area (Å²) in [6.07, 6.45) is 0.420. The molecule has 1 amide bonds. The SMILES string of the molecule is CN1CCC(c2nc(Nc3cc(NCCCN4CCOCCC4=O)c(C(F)(F)F)cn3)co2)CC1. The molecule has 2 fully saturated rings. The monoisotopic (exact) mass is 496 g/mol. The Labute approximate surface area is 202 Å². The number of aromatic nitrogens is 2. The van der Waals surface area contributed by atoms with E-state index >= 15 is 0 Å². The lowest BCUT2D eigenvalue weighted by Gasteiger charge is -2.26. The summed E-state index contributed by atoms with van der Waals surface area (Å²) >= 11 is 0. The Morgan fingerprint density at radius 2 is 1.97 bits per heavy atom. The number of likely N-dealkylation sites (tertiary alicyclic amines) is 1. The van der Waals surface area contributed by atoms with Gasteiger partial charge in [-0.1, -0.05) is 0 Å². The molecule has 4 rings (SSSR count). The molecule has 0 saturated carbocycles. The Morgan fingerprint density at radius 3 is 2.74 bits per heavy atom. The summed E-state index contributed by atoms with van der Waals surface area (Å²) in [7, 11) is 2.07. The molecule has 2 saturated heterocycles. The molecule has 35 heavy (non-hydrogen) atoms. The zero-order chi connectivity index (χ0) is 24.8. The summed E-state index contributed by atoms with van der Waals surface area (Å²) < 4.78 is 51.5. The number of anilines is 3. The van der Waals surface area contributed by atoms with E-state index in [1.54, 1.807) is 4.90 Å². The zero-order valence-electron chi connectivity index (χ0n) is 19.7. The number of nitrogens with one attached hydrogen (secondary N) is 2. The number of halogens is 3. The van der Waals surface area contributed by atoms with Crippen molar-refractivity contribution in [3.05, 3.63) is 30.0 Å². The molecule has 2 aromatic heterocycles. The first kappa shape index (κ1) is 25.2. The first-order chi connectivity index (χ1) is 16.8. The minimum absolute atomic E-state index is 0.00102. The highest BCUT2D eigenvalue weighted by atomic mass is 19.4. The number of nitrogens with zero attached hydrogens (tertiary/aromatic N) is 4. The van der Waals surface area contributed by atoms with Gasteiger partial charge >= 0.3 is 6.18 Å². The van der Waals surface area contributed by atoms with Crippen molar-refractivity contribution >= 4 is 23.2 Å². The number of piperidine rings is 1. The minimum Gasteiger partial charge on any atom is -0.446 e. The molecule has 0 bridgehead atoms. The largest absolute Gasteiger partial charge is 0.446 e. The molecule has 9 nitrogen and oxygen atoms in total. The van der Waals surface area contributed by atoms with E-state index in [0.29, 0.717) is 50.9 Å². The Morgan fingerprint density at radius 1 is 1.17 bits per heavy atom. The first-order valence-electron chi connectivity index (χ1n) is 11.9. The van der Waals surface area contributed by atoms with Crippen LogP contribution < -0.4 is 10.6 Å². The van der Waals surface area contributed by atoms with Crippen LogP contribution in [0.4, 0.5) is 30.5 Å². The minimum atomic E-state index is -4.55. The van der Waals surface area contributed by atoms with E-state index in [0.717, 1.165) is 32.1 Å². The van der Waals surface area contributed by atoms with Crippen molar-refractivity contribution in [1.82, 2.24) is 19.8 Å². The molecule has 192 valence electrons. The average Bonchev–Trinajstić information content (AvgIpc) is 3.18. The number of hydrogen-bond donors (Lipinski definition) is 2. The van der Waals surface area contributed by atoms with E-state index in [4.69, 9.17) is 9.15 Å². The smallest absolute Gasteiger partial charge is 0.419 e. The van der Waals surface area contributed by atoms with Gasteiger partial charge in [-0.15, -0.1) is 0 Å². The highest BCUT2D eigenvalue weighted by Gasteiger charge is 2.34. The van der Waals surface area contributed by atoms with Gasteiger partial charge in [0.15, 0.2) is 11.7 Å². The lowest BCUT2D eigenvalue weighted by molar-refractivity contribution is -0.137. The first-order valence-corrected chi connectivity index (χ1v) is 11.9. The Bertz CT molecular complexity index is 991. The quantitative estimate of drug-likeness (QED) is 0.535. The number of amides is 1. The van der Waals surface area contributed by atoms with Crippen LogP contribution in [-0.2, 0) is 15.7 Å². The van der Waals surface area contributed by atoms with E-state index < -0.39 is 11.7 Å². The predicted octanol–water partition coefficient (Wildman–Crippen LogP) is 3.69. The van der Waals surface area contributed by atoms with Gasteiger partial charge in [0.1, 0.15) is 12.1 Å². The highest BCUT2D eigenvalue weighted by Crippen LogP contribution is 2.36. The van der Waals surface area contributed by atoms with Gasteiger partial charge in [-0.2, -0.15) is 18.2 Å². The van der Waals surface area contributed by atoms with Crippen LogP contribution in [0.25, 0.3) is 0 Å². The number of alkyl halides is 3. The summed E-state index contributed by atoms with van der Waals surface area (Å²) in [6.45, 7) is 4.01. The molecule has 0 aliphatic carbocycles. The normalized spacial score (nSPS) is 18.5. The van der Waals surface area contributed by atoms with Crippen molar-refractivity contribution in [2.75, 3.05) is 63.6 Å². The predicted molar refractivity (Wildman–Crippen MR) is 124 cm³/mol. The van der Waals surface area contributed by atoms with Crippen LogP contribution in [0.2, 0.25) is 0 Å². The molecule has 0 aromatic carbocycles. The Kier molecular flexibility index (Phi) is 8.11. The highest BCUT2D eigenvalue weighted by molar-refractivity contribution is 5.76. The third-order valence-electron chi connectivity index (χ3n) is 6.29. The number of rotatable bonds is 8. The fraction of sp³-hybridized carbons (Fsp3) is 0.609. The maximum absolute atomic E-state index is 13.5. The van der Waals surface area contributed by atoms with Crippen molar-refractivity contribution in [3.63, 3.8) is 0 Å². The molecule has 2 aliphatic heterocycles. The molecule has 12 heteroatoms. The van der Waals surface area contributed by atoms with Crippen LogP contribution in [0, 0.1) is 0 Å². The topological polar surface area (TPSA) is 95.8 Å². The van der Waals surface area contributed by atoms with Crippen molar-refractivity contribution in [2.24, 2.45) is 0 Å². The summed E-state index contributed by atoms with van der Waals surface area (Å²) in [6, 6.07) is 1.32. The molecule has 0 spiro atoms. The molecule has 4 heterocycles. The molecule has 2 aliphatic rings. The lowest BCUT2D eigenvalue weighted by Crippen LogP contribution is -2.33. The van der Waals surface area contributed by atoms with Crippen LogP contribution in [0.3, 0.4) is 0 Å². The van der Waals surface area contributed by atoms with Crippen molar-refractivity contribution in [2.45, 2.75) is 37.8 Å². The van der Waals surface area contributed by atoms with Crippen LogP contribution >= 0.6 is 0 Å². The lowest BCUT2D eigenvalue weighted by atomic mass is 9.97. The van der Waals surface area contributed by atoms with E-state index in [1.165, 1.54) is 12.3 Å². The second kappa shape index (κ2) is 11.3. The molecule has 2 aromatic rings. The maximum atomic E-state index is 13.5. The molecular formula is C23H31F3N6O3. The van der Waals surface area contributed by atoms with Gasteiger partial charge in [0.2, 0.25) is 5.91 Å². The van der Waals surface area contributed by atoms with E-state index in [2.05, 4.69) is 32.5 Å². The molecule has 2 N–H and O–H groups in total. The summed E-state index contributed by atoms with van der Waals surface area (Å²) in [4.78, 5) is 24.4. The van der Waals surface area contributed by atoms with Crippen molar-refractivity contribution in [3.8, 4) is 0 Å². The zero-order valence-corrected chi connectivity index (χ0v) is 19.7. The van der Waals surface area contributed by atoms with Crippen molar-refractivity contribution in [1.29, 1.82) is 0 Å². The average molecular weight is 497 g/mol. The maximum Gasteiger partial charge on any atom is 0.419 e. The van der Waals surface area contributed by atoms with E-state index in [-0.39, 0.29) is 29.9 Å². The number of oxazole rings is 1. The number of carbonyl (C=O) groups is 1. The van der Waals surface area contributed by atoms with Gasteiger partial charge in [-0.3, -0.25) is 4.79 Å². The third kappa shape index (κ3) is 6.85. The van der Waals surface area contributed by atoms with Crippen LogP contribution in [0.1, 0.15) is 43.1 Å². The van der Waals surface area contributed by atoms with Gasteiger partial charge in [0.25, 0.3) is 0 Å². The number of pyridine rings is 1. The summed E-state index contributed by atoms with van der Waals surface area (Å²) in [5.74, 6) is 1.48. The summed E-state index contributed by atoms with van der Waals surface area (Å²) in [5, 5.41) is 5.80. The second-order valence-electron chi connectivity index (χ2n) is 8.91.